The lowest BCUT2D eigenvalue weighted by Gasteiger charge is -2.31. The number of hydrogen-bond acceptors (Lipinski definition) is 3. The predicted octanol–water partition coefficient (Wildman–Crippen LogP) is 2.83. The Hall–Kier alpha value is -2.07. The van der Waals surface area contributed by atoms with Crippen LogP contribution < -0.4 is 5.43 Å². The van der Waals surface area contributed by atoms with Crippen LogP contribution in [0, 0.1) is 5.92 Å². The highest BCUT2D eigenvalue weighted by Gasteiger charge is 2.17. The maximum absolute atomic E-state index is 11.9. The quantitative estimate of drug-likeness (QED) is 0.944. The van der Waals surface area contributed by atoms with Crippen LogP contribution in [0.2, 0.25) is 0 Å². The fraction of sp³-hybridized carbons (Fsp3) is 0.421. The van der Waals surface area contributed by atoms with Gasteiger partial charge in [-0.15, -0.1) is 0 Å². The summed E-state index contributed by atoms with van der Waals surface area (Å²) in [5.41, 5.74) is 1.82. The van der Waals surface area contributed by atoms with Gasteiger partial charge in [0.15, 0.2) is 5.75 Å². The van der Waals surface area contributed by atoms with Crippen molar-refractivity contribution in [3.63, 3.8) is 0 Å². The predicted molar refractivity (Wildman–Crippen MR) is 91.6 cm³/mol. The molecule has 2 heterocycles. The maximum Gasteiger partial charge on any atom is 0.223 e. The summed E-state index contributed by atoms with van der Waals surface area (Å²) >= 11 is 0. The first-order valence-corrected chi connectivity index (χ1v) is 8.30. The first-order chi connectivity index (χ1) is 11.1. The minimum atomic E-state index is -0.297. The Bertz CT molecular complexity index is 701. The van der Waals surface area contributed by atoms with Crippen LogP contribution >= 0.6 is 0 Å². The third-order valence-electron chi connectivity index (χ3n) is 4.65. The molecule has 1 aliphatic rings. The van der Waals surface area contributed by atoms with Crippen LogP contribution in [0.1, 0.15) is 31.0 Å². The van der Waals surface area contributed by atoms with Crippen molar-refractivity contribution in [3.8, 4) is 5.75 Å². The molecule has 3 rings (SSSR count). The van der Waals surface area contributed by atoms with Gasteiger partial charge in [-0.25, -0.2) is 0 Å². The van der Waals surface area contributed by atoms with E-state index in [4.69, 9.17) is 0 Å². The van der Waals surface area contributed by atoms with Gasteiger partial charge in [0, 0.05) is 24.8 Å². The molecule has 122 valence electrons. The number of nitrogens with zero attached hydrogens (tertiary/aromatic N) is 2. The molecule has 4 heteroatoms. The fourth-order valence-corrected chi connectivity index (χ4v) is 3.12. The molecule has 1 aromatic carbocycles. The largest absolute Gasteiger partial charge is 0.503 e. The Labute approximate surface area is 137 Å². The summed E-state index contributed by atoms with van der Waals surface area (Å²) < 4.78 is 1.99. The molecule has 0 radical (unpaired) electrons. The Morgan fingerprint density at radius 2 is 1.83 bits per heavy atom. The Balaban J connectivity index is 1.83. The number of aromatic hydroxyl groups is 1. The van der Waals surface area contributed by atoms with Gasteiger partial charge in [0.05, 0.1) is 6.20 Å². The number of likely N-dealkylation sites (tertiary alicyclic amines) is 1. The molecule has 0 atom stereocenters. The topological polar surface area (TPSA) is 45.5 Å². The van der Waals surface area contributed by atoms with Crippen LogP contribution in [0.15, 0.2) is 47.4 Å². The zero-order chi connectivity index (χ0) is 16.2. The third kappa shape index (κ3) is 4.02. The lowest BCUT2D eigenvalue weighted by atomic mass is 9.99. The van der Waals surface area contributed by atoms with E-state index >= 15 is 0 Å². The van der Waals surface area contributed by atoms with Crippen molar-refractivity contribution < 1.29 is 5.11 Å². The molecule has 1 N–H and O–H groups in total. The van der Waals surface area contributed by atoms with Crippen LogP contribution in [0.4, 0.5) is 0 Å². The van der Waals surface area contributed by atoms with Gasteiger partial charge < -0.3 is 9.67 Å². The van der Waals surface area contributed by atoms with Crippen molar-refractivity contribution in [2.45, 2.75) is 32.9 Å². The molecular formula is C19H24N2O2. The van der Waals surface area contributed by atoms with Crippen molar-refractivity contribution in [2.24, 2.45) is 5.92 Å². The average Bonchev–Trinajstić information content (AvgIpc) is 2.55. The van der Waals surface area contributed by atoms with E-state index in [1.807, 2.05) is 22.8 Å². The van der Waals surface area contributed by atoms with Crippen molar-refractivity contribution >= 4 is 0 Å². The summed E-state index contributed by atoms with van der Waals surface area (Å²) in [4.78, 5) is 14.3. The molecule has 1 aromatic heterocycles. The van der Waals surface area contributed by atoms with Gasteiger partial charge in [0.25, 0.3) is 0 Å². The highest BCUT2D eigenvalue weighted by Crippen LogP contribution is 2.19. The van der Waals surface area contributed by atoms with Crippen molar-refractivity contribution in [3.05, 3.63) is 64.1 Å². The molecule has 23 heavy (non-hydrogen) atoms. The van der Waals surface area contributed by atoms with E-state index in [1.165, 1.54) is 12.8 Å². The number of benzene rings is 1. The molecule has 0 bridgehead atoms. The minimum absolute atomic E-state index is 0.183. The molecule has 1 aliphatic heterocycles. The van der Waals surface area contributed by atoms with E-state index in [9.17, 15) is 9.90 Å². The zero-order valence-electron chi connectivity index (χ0n) is 13.6. The summed E-state index contributed by atoms with van der Waals surface area (Å²) in [6, 6.07) is 11.7. The van der Waals surface area contributed by atoms with Gasteiger partial charge in [0.1, 0.15) is 0 Å². The van der Waals surface area contributed by atoms with E-state index in [0.717, 1.165) is 36.8 Å². The highest BCUT2D eigenvalue weighted by molar-refractivity contribution is 5.23. The number of aromatic nitrogens is 1. The van der Waals surface area contributed by atoms with E-state index in [0.29, 0.717) is 6.54 Å². The molecule has 0 spiro atoms. The van der Waals surface area contributed by atoms with Gasteiger partial charge in [-0.2, -0.15) is 0 Å². The van der Waals surface area contributed by atoms with Crippen molar-refractivity contribution in [1.82, 2.24) is 9.47 Å². The Kier molecular flexibility index (Phi) is 4.82. The zero-order valence-corrected chi connectivity index (χ0v) is 13.6. The van der Waals surface area contributed by atoms with Gasteiger partial charge in [-0.1, -0.05) is 37.3 Å². The van der Waals surface area contributed by atoms with Crippen LogP contribution in [-0.2, 0) is 13.1 Å². The first-order valence-electron chi connectivity index (χ1n) is 8.30. The maximum atomic E-state index is 11.9. The van der Waals surface area contributed by atoms with Gasteiger partial charge >= 0.3 is 0 Å². The second kappa shape index (κ2) is 7.01. The normalized spacial score (nSPS) is 16.6. The van der Waals surface area contributed by atoms with Crippen molar-refractivity contribution in [2.75, 3.05) is 13.1 Å². The van der Waals surface area contributed by atoms with Crippen LogP contribution in [-0.4, -0.2) is 27.7 Å². The fourth-order valence-electron chi connectivity index (χ4n) is 3.12. The number of hydrogen-bond donors (Lipinski definition) is 1. The van der Waals surface area contributed by atoms with E-state index in [2.05, 4.69) is 24.0 Å². The molecule has 0 unspecified atom stereocenters. The van der Waals surface area contributed by atoms with Crippen molar-refractivity contribution in [1.29, 1.82) is 0 Å². The lowest BCUT2D eigenvalue weighted by molar-refractivity contribution is 0.181. The van der Waals surface area contributed by atoms with Gasteiger partial charge in [-0.3, -0.25) is 9.69 Å². The summed E-state index contributed by atoms with van der Waals surface area (Å²) in [7, 11) is 0. The average molecular weight is 312 g/mol. The summed E-state index contributed by atoms with van der Waals surface area (Å²) in [5, 5.41) is 9.80. The second-order valence-electron chi connectivity index (χ2n) is 6.59. The summed E-state index contributed by atoms with van der Waals surface area (Å²) in [6.45, 7) is 5.86. The van der Waals surface area contributed by atoms with Crippen LogP contribution in [0.25, 0.3) is 0 Å². The standard InChI is InChI=1S/C19H24N2O2/c1-15-7-9-20(10-8-15)13-17-11-18(22)19(23)14-21(17)12-16-5-3-2-4-6-16/h2-6,11,14-15,23H,7-10,12-13H2,1H3. The first kappa shape index (κ1) is 15.8. The molecule has 0 amide bonds. The van der Waals surface area contributed by atoms with E-state index in [1.54, 1.807) is 12.3 Å². The molecule has 0 aliphatic carbocycles. The molecular weight excluding hydrogens is 288 g/mol. The van der Waals surface area contributed by atoms with Gasteiger partial charge in [-0.05, 0) is 37.4 Å². The van der Waals surface area contributed by atoms with Gasteiger partial charge in [0.2, 0.25) is 5.43 Å². The lowest BCUT2D eigenvalue weighted by Crippen LogP contribution is -2.33. The molecule has 4 nitrogen and oxygen atoms in total. The molecule has 2 aromatic rings. The molecule has 1 fully saturated rings. The SMILES string of the molecule is CC1CCN(Cc2cc(=O)c(O)cn2Cc2ccccc2)CC1. The smallest absolute Gasteiger partial charge is 0.223 e. The minimum Gasteiger partial charge on any atom is -0.503 e. The monoisotopic (exact) mass is 312 g/mol. The summed E-state index contributed by atoms with van der Waals surface area (Å²) in [5.74, 6) is 0.606. The van der Waals surface area contributed by atoms with Crippen LogP contribution in [0.3, 0.4) is 0 Å². The highest BCUT2D eigenvalue weighted by atomic mass is 16.3. The van der Waals surface area contributed by atoms with E-state index in [-0.39, 0.29) is 11.2 Å². The van der Waals surface area contributed by atoms with E-state index < -0.39 is 0 Å². The molecule has 1 saturated heterocycles. The number of pyridine rings is 1. The Morgan fingerprint density at radius 3 is 2.52 bits per heavy atom. The molecule has 0 saturated carbocycles. The second-order valence-corrected chi connectivity index (χ2v) is 6.59. The number of rotatable bonds is 4. The van der Waals surface area contributed by atoms with Crippen LogP contribution in [0.5, 0.6) is 5.75 Å². The number of piperidine rings is 1. The summed E-state index contributed by atoms with van der Waals surface area (Å²) in [6.07, 6.45) is 3.99. The third-order valence-corrected chi connectivity index (χ3v) is 4.65. The Morgan fingerprint density at radius 1 is 1.13 bits per heavy atom.